The number of rotatable bonds is 1. The molecule has 0 bridgehead atoms. The van der Waals surface area contributed by atoms with Crippen LogP contribution in [0.15, 0.2) is 0 Å². The van der Waals surface area contributed by atoms with E-state index in [0.717, 1.165) is 11.1 Å². The fraction of sp³-hybridized carbons (Fsp3) is 0.333. The zero-order valence-electron chi connectivity index (χ0n) is 13.8. The highest BCUT2D eigenvalue weighted by Crippen LogP contribution is 2.50. The van der Waals surface area contributed by atoms with Crippen LogP contribution in [-0.2, 0) is 0 Å². The Morgan fingerprint density at radius 1 is 0.364 bits per heavy atom. The summed E-state index contributed by atoms with van der Waals surface area (Å²) in [5.74, 6) is -0.382. The van der Waals surface area contributed by atoms with E-state index in [1.165, 1.54) is 0 Å². The predicted octanol–water partition coefficient (Wildman–Crippen LogP) is 4.03. The molecule has 0 saturated carbocycles. The second-order valence-electron chi connectivity index (χ2n) is 5.89. The molecule has 4 nitrogen and oxygen atoms in total. The van der Waals surface area contributed by atoms with Gasteiger partial charge in [-0.05, 0) is 69.4 Å². The van der Waals surface area contributed by atoms with E-state index < -0.39 is 0 Å². The first-order chi connectivity index (χ1) is 10.1. The topological polar surface area (TPSA) is 80.9 Å². The summed E-state index contributed by atoms with van der Waals surface area (Å²) in [7, 11) is 0. The number of aromatic hydroxyl groups is 4. The number of benzene rings is 2. The molecule has 0 aliphatic carbocycles. The first-order valence-electron chi connectivity index (χ1n) is 7.14. The minimum absolute atomic E-state index is 0.00820. The fourth-order valence-corrected chi connectivity index (χ4v) is 2.85. The smallest absolute Gasteiger partial charge is 0.166 e. The van der Waals surface area contributed by atoms with Crippen LogP contribution in [0.1, 0.15) is 33.4 Å². The van der Waals surface area contributed by atoms with Crippen molar-refractivity contribution in [1.29, 1.82) is 0 Å². The first-order valence-corrected chi connectivity index (χ1v) is 7.14. The molecule has 0 atom stereocenters. The molecular formula is C18H22O4. The zero-order valence-corrected chi connectivity index (χ0v) is 13.8. The van der Waals surface area contributed by atoms with Crippen molar-refractivity contribution in [2.45, 2.75) is 41.5 Å². The molecule has 0 aromatic heterocycles. The van der Waals surface area contributed by atoms with Crippen LogP contribution in [-0.4, -0.2) is 20.4 Å². The molecule has 118 valence electrons. The van der Waals surface area contributed by atoms with Crippen molar-refractivity contribution < 1.29 is 20.4 Å². The quantitative estimate of drug-likeness (QED) is 0.473. The molecule has 0 saturated heterocycles. The Hall–Kier alpha value is -2.36. The SMILES string of the molecule is Cc1c(C)c(O)c(O)c(-c2c(C)c(O)c(C)c(C)c2O)c1C. The number of phenolic OH excluding ortho intramolecular Hbond substituents is 4. The van der Waals surface area contributed by atoms with Crippen molar-refractivity contribution >= 4 is 0 Å². The summed E-state index contributed by atoms with van der Waals surface area (Å²) in [6.45, 7) is 10.5. The lowest BCUT2D eigenvalue weighted by atomic mass is 9.87. The molecule has 0 aliphatic heterocycles. The standard InChI is InChI=1S/C18H22O4/c1-7-8(2)13(18(22)17(21)9(7)3)14-12(6)15(19)10(4)11(5)16(14)20/h19-22H,1-6H3. The molecule has 0 unspecified atom stereocenters. The van der Waals surface area contributed by atoms with Crippen molar-refractivity contribution in [3.8, 4) is 34.1 Å². The van der Waals surface area contributed by atoms with Crippen LogP contribution in [0.4, 0.5) is 0 Å². The van der Waals surface area contributed by atoms with E-state index in [2.05, 4.69) is 0 Å². The number of hydrogen-bond acceptors (Lipinski definition) is 4. The lowest BCUT2D eigenvalue weighted by Crippen LogP contribution is -1.98. The minimum atomic E-state index is -0.276. The second kappa shape index (κ2) is 5.13. The van der Waals surface area contributed by atoms with Gasteiger partial charge in [-0.2, -0.15) is 0 Å². The van der Waals surface area contributed by atoms with E-state index in [4.69, 9.17) is 0 Å². The summed E-state index contributed by atoms with van der Waals surface area (Å²) in [6.07, 6.45) is 0. The highest BCUT2D eigenvalue weighted by atomic mass is 16.3. The summed E-state index contributed by atoms with van der Waals surface area (Å²) in [6, 6.07) is 0. The zero-order chi connectivity index (χ0) is 16.9. The van der Waals surface area contributed by atoms with Gasteiger partial charge in [0.15, 0.2) is 11.5 Å². The summed E-state index contributed by atoms with van der Waals surface area (Å²) in [5.41, 5.74) is 4.53. The first kappa shape index (κ1) is 16.0. The molecule has 4 N–H and O–H groups in total. The van der Waals surface area contributed by atoms with Gasteiger partial charge in [-0.1, -0.05) is 0 Å². The van der Waals surface area contributed by atoms with Crippen LogP contribution in [0.2, 0.25) is 0 Å². The molecule has 0 heterocycles. The van der Waals surface area contributed by atoms with Crippen LogP contribution in [0, 0.1) is 41.5 Å². The van der Waals surface area contributed by atoms with Gasteiger partial charge < -0.3 is 20.4 Å². The molecular weight excluding hydrogens is 280 g/mol. The molecule has 0 amide bonds. The summed E-state index contributed by atoms with van der Waals surface area (Å²) < 4.78 is 0. The maximum Gasteiger partial charge on any atom is 0.166 e. The average Bonchev–Trinajstić information content (AvgIpc) is 2.50. The van der Waals surface area contributed by atoms with Gasteiger partial charge in [-0.15, -0.1) is 0 Å². The van der Waals surface area contributed by atoms with Crippen molar-refractivity contribution in [1.82, 2.24) is 0 Å². The van der Waals surface area contributed by atoms with E-state index in [0.29, 0.717) is 33.4 Å². The maximum atomic E-state index is 10.5. The maximum absolute atomic E-state index is 10.5. The molecule has 0 radical (unpaired) electrons. The van der Waals surface area contributed by atoms with Gasteiger partial charge in [-0.25, -0.2) is 0 Å². The Morgan fingerprint density at radius 2 is 0.773 bits per heavy atom. The van der Waals surface area contributed by atoms with Gasteiger partial charge in [0, 0.05) is 16.7 Å². The Labute approximate surface area is 130 Å². The number of phenols is 4. The third-order valence-electron chi connectivity index (χ3n) is 4.81. The molecule has 2 aromatic rings. The molecule has 0 aliphatic rings. The highest BCUT2D eigenvalue weighted by Gasteiger charge is 2.25. The van der Waals surface area contributed by atoms with Crippen molar-refractivity contribution in [3.63, 3.8) is 0 Å². The minimum Gasteiger partial charge on any atom is -0.507 e. The number of hydrogen-bond donors (Lipinski definition) is 4. The van der Waals surface area contributed by atoms with E-state index in [-0.39, 0.29) is 23.0 Å². The molecule has 4 heteroatoms. The molecule has 2 rings (SSSR count). The summed E-state index contributed by atoms with van der Waals surface area (Å²) >= 11 is 0. The Kier molecular flexibility index (Phi) is 3.73. The van der Waals surface area contributed by atoms with Gasteiger partial charge >= 0.3 is 0 Å². The summed E-state index contributed by atoms with van der Waals surface area (Å²) in [5, 5.41) is 41.3. The van der Waals surface area contributed by atoms with E-state index >= 15 is 0 Å². The third-order valence-corrected chi connectivity index (χ3v) is 4.81. The van der Waals surface area contributed by atoms with Gasteiger partial charge in [0.1, 0.15) is 11.5 Å². The van der Waals surface area contributed by atoms with Crippen LogP contribution in [0.3, 0.4) is 0 Å². The van der Waals surface area contributed by atoms with Gasteiger partial charge in [0.05, 0.1) is 0 Å². The largest absolute Gasteiger partial charge is 0.507 e. The van der Waals surface area contributed by atoms with Crippen molar-refractivity contribution in [2.75, 3.05) is 0 Å². The molecule has 2 aromatic carbocycles. The second-order valence-corrected chi connectivity index (χ2v) is 5.89. The van der Waals surface area contributed by atoms with Crippen molar-refractivity contribution in [3.05, 3.63) is 33.4 Å². The van der Waals surface area contributed by atoms with Gasteiger partial charge in [0.2, 0.25) is 0 Å². The summed E-state index contributed by atoms with van der Waals surface area (Å²) in [4.78, 5) is 0. The Balaban J connectivity index is 3.03. The van der Waals surface area contributed by atoms with Gasteiger partial charge in [-0.3, -0.25) is 0 Å². The van der Waals surface area contributed by atoms with Crippen LogP contribution >= 0.6 is 0 Å². The normalized spacial score (nSPS) is 11.0. The third kappa shape index (κ3) is 1.98. The van der Waals surface area contributed by atoms with Crippen LogP contribution in [0.25, 0.3) is 11.1 Å². The average molecular weight is 302 g/mol. The van der Waals surface area contributed by atoms with E-state index in [1.807, 2.05) is 13.8 Å². The lowest BCUT2D eigenvalue weighted by molar-refractivity contribution is 0.401. The lowest BCUT2D eigenvalue weighted by Gasteiger charge is -2.21. The highest BCUT2D eigenvalue weighted by molar-refractivity contribution is 5.87. The van der Waals surface area contributed by atoms with Crippen LogP contribution in [0.5, 0.6) is 23.0 Å². The van der Waals surface area contributed by atoms with Crippen molar-refractivity contribution in [2.24, 2.45) is 0 Å². The molecule has 0 spiro atoms. The van der Waals surface area contributed by atoms with E-state index in [1.54, 1.807) is 27.7 Å². The predicted molar refractivity (Wildman–Crippen MR) is 87.0 cm³/mol. The van der Waals surface area contributed by atoms with E-state index in [9.17, 15) is 20.4 Å². The molecule has 22 heavy (non-hydrogen) atoms. The molecule has 0 fully saturated rings. The monoisotopic (exact) mass is 302 g/mol. The van der Waals surface area contributed by atoms with Gasteiger partial charge in [0.25, 0.3) is 0 Å². The Bertz CT molecular complexity index is 663. The van der Waals surface area contributed by atoms with Crippen LogP contribution < -0.4 is 0 Å². The fourth-order valence-electron chi connectivity index (χ4n) is 2.85. The Morgan fingerprint density at radius 3 is 1.32 bits per heavy atom.